The highest BCUT2D eigenvalue weighted by Crippen LogP contribution is 2.18. The molecular formula is C15H19N5. The number of aromatic nitrogens is 3. The first-order chi connectivity index (χ1) is 9.84. The quantitative estimate of drug-likeness (QED) is 0.919. The minimum Gasteiger partial charge on any atom is -0.340 e. The number of pyridine rings is 1. The highest BCUT2D eigenvalue weighted by Gasteiger charge is 2.19. The van der Waals surface area contributed by atoms with Gasteiger partial charge in [-0.05, 0) is 31.5 Å². The molecule has 0 saturated carbocycles. The molecule has 2 aromatic rings. The van der Waals surface area contributed by atoms with Gasteiger partial charge in [0.05, 0.1) is 5.69 Å². The molecule has 2 aromatic heterocycles. The van der Waals surface area contributed by atoms with Crippen LogP contribution in [0.5, 0.6) is 0 Å². The fraction of sp³-hybridized carbons (Fsp3) is 0.400. The Balaban J connectivity index is 1.75. The lowest BCUT2D eigenvalue weighted by atomic mass is 10.1. The van der Waals surface area contributed by atoms with Gasteiger partial charge in [-0.25, -0.2) is 9.97 Å². The van der Waals surface area contributed by atoms with E-state index in [1.807, 2.05) is 30.6 Å². The summed E-state index contributed by atoms with van der Waals surface area (Å²) >= 11 is 0. The maximum atomic E-state index is 4.48. The predicted octanol–water partition coefficient (Wildman–Crippen LogP) is 1.73. The van der Waals surface area contributed by atoms with Crippen LogP contribution >= 0.6 is 0 Å². The second-order valence-corrected chi connectivity index (χ2v) is 5.10. The van der Waals surface area contributed by atoms with E-state index in [2.05, 4.69) is 32.2 Å². The molecule has 0 aromatic carbocycles. The summed E-state index contributed by atoms with van der Waals surface area (Å²) in [5.41, 5.74) is 1.85. The van der Waals surface area contributed by atoms with Crippen LogP contribution in [0.4, 0.5) is 5.95 Å². The highest BCUT2D eigenvalue weighted by molar-refractivity contribution is 5.57. The molecule has 1 N–H and O–H groups in total. The number of hydrogen-bond acceptors (Lipinski definition) is 5. The first-order valence-corrected chi connectivity index (χ1v) is 7.01. The Kier molecular flexibility index (Phi) is 3.87. The van der Waals surface area contributed by atoms with E-state index in [0.717, 1.165) is 30.3 Å². The van der Waals surface area contributed by atoms with Crippen molar-refractivity contribution in [2.24, 2.45) is 0 Å². The Morgan fingerprint density at radius 2 is 2.05 bits per heavy atom. The topological polar surface area (TPSA) is 53.9 Å². The fourth-order valence-corrected chi connectivity index (χ4v) is 2.50. The number of piperidine rings is 1. The molecule has 0 amide bonds. The first kappa shape index (κ1) is 13.0. The molecule has 1 fully saturated rings. The zero-order valence-corrected chi connectivity index (χ0v) is 11.7. The summed E-state index contributed by atoms with van der Waals surface area (Å²) in [6.07, 6.45) is 7.87. The maximum Gasteiger partial charge on any atom is 0.225 e. The van der Waals surface area contributed by atoms with Crippen molar-refractivity contribution in [1.29, 1.82) is 0 Å². The zero-order chi connectivity index (χ0) is 13.8. The van der Waals surface area contributed by atoms with Crippen LogP contribution in [0.15, 0.2) is 36.8 Å². The zero-order valence-electron chi connectivity index (χ0n) is 11.7. The largest absolute Gasteiger partial charge is 0.340 e. The molecule has 1 aliphatic heterocycles. The molecule has 3 rings (SSSR count). The van der Waals surface area contributed by atoms with Crippen molar-refractivity contribution in [2.75, 3.05) is 25.0 Å². The van der Waals surface area contributed by atoms with Crippen molar-refractivity contribution in [3.05, 3.63) is 36.8 Å². The van der Waals surface area contributed by atoms with Crippen LogP contribution in [0.3, 0.4) is 0 Å². The van der Waals surface area contributed by atoms with Gasteiger partial charge in [-0.1, -0.05) is 6.07 Å². The summed E-state index contributed by atoms with van der Waals surface area (Å²) in [6, 6.07) is 6.32. The second kappa shape index (κ2) is 5.96. The van der Waals surface area contributed by atoms with Crippen molar-refractivity contribution in [1.82, 2.24) is 20.3 Å². The Morgan fingerprint density at radius 3 is 2.70 bits per heavy atom. The van der Waals surface area contributed by atoms with Gasteiger partial charge in [-0.3, -0.25) is 4.98 Å². The van der Waals surface area contributed by atoms with Gasteiger partial charge in [0.15, 0.2) is 0 Å². The van der Waals surface area contributed by atoms with E-state index < -0.39 is 0 Å². The lowest BCUT2D eigenvalue weighted by molar-refractivity contribution is 0.441. The molecule has 0 bridgehead atoms. The van der Waals surface area contributed by atoms with E-state index in [1.54, 1.807) is 6.20 Å². The first-order valence-electron chi connectivity index (χ1n) is 7.01. The molecule has 1 atom stereocenters. The Morgan fingerprint density at radius 1 is 1.20 bits per heavy atom. The van der Waals surface area contributed by atoms with Crippen LogP contribution in [0, 0.1) is 0 Å². The minimum atomic E-state index is 0.476. The molecule has 5 nitrogen and oxygen atoms in total. The second-order valence-electron chi connectivity index (χ2n) is 5.10. The summed E-state index contributed by atoms with van der Waals surface area (Å²) < 4.78 is 0. The highest BCUT2D eigenvalue weighted by atomic mass is 15.3. The van der Waals surface area contributed by atoms with E-state index in [0.29, 0.717) is 6.04 Å². The van der Waals surface area contributed by atoms with E-state index in [4.69, 9.17) is 0 Å². The molecule has 3 heterocycles. The third-order valence-electron chi connectivity index (χ3n) is 3.73. The SMILES string of the molecule is CN(c1ncc(-c2ccccn2)cn1)C1CCCNC1. The van der Waals surface area contributed by atoms with Crippen LogP contribution in [0.25, 0.3) is 11.3 Å². The van der Waals surface area contributed by atoms with Gasteiger partial charge in [-0.15, -0.1) is 0 Å². The van der Waals surface area contributed by atoms with Crippen LogP contribution in [0.2, 0.25) is 0 Å². The van der Waals surface area contributed by atoms with Crippen molar-refractivity contribution in [2.45, 2.75) is 18.9 Å². The molecule has 1 unspecified atom stereocenters. The summed E-state index contributed by atoms with van der Waals surface area (Å²) in [5, 5.41) is 3.42. The number of hydrogen-bond donors (Lipinski definition) is 1. The molecule has 0 spiro atoms. The number of nitrogens with zero attached hydrogens (tertiary/aromatic N) is 4. The summed E-state index contributed by atoms with van der Waals surface area (Å²) in [5.74, 6) is 0.776. The van der Waals surface area contributed by atoms with Gasteiger partial charge in [-0.2, -0.15) is 0 Å². The molecule has 104 valence electrons. The Labute approximate surface area is 119 Å². The molecule has 20 heavy (non-hydrogen) atoms. The van der Waals surface area contributed by atoms with Gasteiger partial charge in [0.2, 0.25) is 5.95 Å². The van der Waals surface area contributed by atoms with E-state index in [-0.39, 0.29) is 0 Å². The number of nitrogens with one attached hydrogen (secondary N) is 1. The lowest BCUT2D eigenvalue weighted by Crippen LogP contribution is -2.44. The van der Waals surface area contributed by atoms with Gasteiger partial charge in [0.1, 0.15) is 0 Å². The van der Waals surface area contributed by atoms with E-state index >= 15 is 0 Å². The van der Waals surface area contributed by atoms with E-state index in [1.165, 1.54) is 12.8 Å². The van der Waals surface area contributed by atoms with Gasteiger partial charge < -0.3 is 10.2 Å². The molecule has 1 saturated heterocycles. The average Bonchev–Trinajstić information content (AvgIpc) is 2.56. The van der Waals surface area contributed by atoms with Crippen molar-refractivity contribution >= 4 is 5.95 Å². The van der Waals surface area contributed by atoms with Crippen LogP contribution in [0.1, 0.15) is 12.8 Å². The number of likely N-dealkylation sites (N-methyl/N-ethyl adjacent to an activating group) is 1. The average molecular weight is 269 g/mol. The summed E-state index contributed by atoms with van der Waals surface area (Å²) in [6.45, 7) is 2.12. The van der Waals surface area contributed by atoms with Crippen molar-refractivity contribution in [3.8, 4) is 11.3 Å². The minimum absolute atomic E-state index is 0.476. The lowest BCUT2D eigenvalue weighted by Gasteiger charge is -2.31. The number of anilines is 1. The summed E-state index contributed by atoms with van der Waals surface area (Å²) in [4.78, 5) is 15.4. The fourth-order valence-electron chi connectivity index (χ4n) is 2.50. The molecule has 1 aliphatic rings. The van der Waals surface area contributed by atoms with Crippen molar-refractivity contribution < 1.29 is 0 Å². The van der Waals surface area contributed by atoms with Crippen LogP contribution in [-0.2, 0) is 0 Å². The van der Waals surface area contributed by atoms with Crippen molar-refractivity contribution in [3.63, 3.8) is 0 Å². The third kappa shape index (κ3) is 2.77. The van der Waals surface area contributed by atoms with Gasteiger partial charge in [0, 0.05) is 43.8 Å². The monoisotopic (exact) mass is 269 g/mol. The Hall–Kier alpha value is -2.01. The normalized spacial score (nSPS) is 18.8. The molecule has 5 heteroatoms. The smallest absolute Gasteiger partial charge is 0.225 e. The van der Waals surface area contributed by atoms with Crippen LogP contribution < -0.4 is 10.2 Å². The molecule has 0 aliphatic carbocycles. The molecular weight excluding hydrogens is 250 g/mol. The number of rotatable bonds is 3. The Bertz CT molecular complexity index is 534. The van der Waals surface area contributed by atoms with Crippen LogP contribution in [-0.4, -0.2) is 41.1 Å². The van der Waals surface area contributed by atoms with Gasteiger partial charge >= 0.3 is 0 Å². The maximum absolute atomic E-state index is 4.48. The summed E-state index contributed by atoms with van der Waals surface area (Å²) in [7, 11) is 2.06. The standard InChI is InChI=1S/C15H19N5/c1-20(13-5-4-7-16-11-13)15-18-9-12(10-19-15)14-6-2-3-8-17-14/h2-3,6,8-10,13,16H,4-5,7,11H2,1H3. The third-order valence-corrected chi connectivity index (χ3v) is 3.73. The van der Waals surface area contributed by atoms with Gasteiger partial charge in [0.25, 0.3) is 0 Å². The van der Waals surface area contributed by atoms with E-state index in [9.17, 15) is 0 Å². The molecule has 0 radical (unpaired) electrons. The predicted molar refractivity (Wildman–Crippen MR) is 79.6 cm³/mol.